The Morgan fingerprint density at radius 3 is 2.37 bits per heavy atom. The van der Waals surface area contributed by atoms with E-state index in [4.69, 9.17) is 25.5 Å². The standard InChI is InChI=1S/C27H22ClNO6/c1-2-22(29-27(32)33-16-17-9-5-3-6-10-17)26(31)35-24-15-23-20(13-21(24)28)19(14-25(30)34-23)18-11-7-4-8-12-18/h3-15,22H,2,16H2,1H3,(H,29,32)/t22-/m1/s1. The number of fused-ring (bicyclic) bond motifs is 1. The maximum Gasteiger partial charge on any atom is 0.408 e. The lowest BCUT2D eigenvalue weighted by molar-refractivity contribution is -0.136. The van der Waals surface area contributed by atoms with Crippen LogP contribution in [0.3, 0.4) is 0 Å². The van der Waals surface area contributed by atoms with Gasteiger partial charge in [-0.1, -0.05) is 79.2 Å². The highest BCUT2D eigenvalue weighted by atomic mass is 35.5. The fraction of sp³-hybridized carbons (Fsp3) is 0.148. The van der Waals surface area contributed by atoms with Crippen molar-refractivity contribution < 1.29 is 23.5 Å². The molecular formula is C27H22ClNO6. The Hall–Kier alpha value is -4.10. The van der Waals surface area contributed by atoms with E-state index in [1.54, 1.807) is 13.0 Å². The van der Waals surface area contributed by atoms with Crippen LogP contribution in [-0.4, -0.2) is 18.1 Å². The molecule has 1 aromatic heterocycles. The second-order valence-corrected chi connectivity index (χ2v) is 8.12. The van der Waals surface area contributed by atoms with Gasteiger partial charge in [-0.25, -0.2) is 14.4 Å². The van der Waals surface area contributed by atoms with Crippen LogP contribution in [0.1, 0.15) is 18.9 Å². The van der Waals surface area contributed by atoms with Crippen molar-refractivity contribution in [2.45, 2.75) is 26.0 Å². The Bertz CT molecular complexity index is 1400. The normalized spacial score (nSPS) is 11.6. The van der Waals surface area contributed by atoms with Crippen LogP contribution in [0.15, 0.2) is 88.1 Å². The van der Waals surface area contributed by atoms with E-state index >= 15 is 0 Å². The van der Waals surface area contributed by atoms with Crippen molar-refractivity contribution >= 4 is 34.6 Å². The highest BCUT2D eigenvalue weighted by molar-refractivity contribution is 6.33. The molecule has 1 atom stereocenters. The van der Waals surface area contributed by atoms with E-state index in [9.17, 15) is 14.4 Å². The number of benzene rings is 3. The minimum Gasteiger partial charge on any atom is -0.445 e. The molecule has 1 amide bonds. The molecule has 0 saturated heterocycles. The monoisotopic (exact) mass is 491 g/mol. The molecule has 178 valence electrons. The van der Waals surface area contributed by atoms with Crippen LogP contribution in [0.25, 0.3) is 22.1 Å². The van der Waals surface area contributed by atoms with E-state index in [2.05, 4.69) is 5.32 Å². The lowest BCUT2D eigenvalue weighted by Gasteiger charge is -2.17. The molecule has 35 heavy (non-hydrogen) atoms. The Kier molecular flexibility index (Phi) is 7.48. The second-order valence-electron chi connectivity index (χ2n) is 7.71. The fourth-order valence-corrected chi connectivity index (χ4v) is 3.71. The van der Waals surface area contributed by atoms with Gasteiger partial charge in [-0.2, -0.15) is 0 Å². The third-order valence-corrected chi connectivity index (χ3v) is 5.59. The van der Waals surface area contributed by atoms with Gasteiger partial charge in [0.2, 0.25) is 0 Å². The summed E-state index contributed by atoms with van der Waals surface area (Å²) in [5.74, 6) is -0.720. The number of hydrogen-bond donors (Lipinski definition) is 1. The molecule has 0 radical (unpaired) electrons. The van der Waals surface area contributed by atoms with Crippen LogP contribution >= 0.6 is 11.6 Å². The Morgan fingerprint density at radius 2 is 1.69 bits per heavy atom. The van der Waals surface area contributed by atoms with Crippen molar-refractivity contribution in [1.29, 1.82) is 0 Å². The second kappa shape index (κ2) is 10.9. The number of carbonyl (C=O) groups is 2. The van der Waals surface area contributed by atoms with Crippen molar-refractivity contribution in [3.8, 4) is 16.9 Å². The summed E-state index contributed by atoms with van der Waals surface area (Å²) in [6.45, 7) is 1.79. The van der Waals surface area contributed by atoms with Gasteiger partial charge < -0.3 is 19.2 Å². The van der Waals surface area contributed by atoms with Gasteiger partial charge in [0.25, 0.3) is 0 Å². The molecule has 1 heterocycles. The lowest BCUT2D eigenvalue weighted by atomic mass is 10.0. The topological polar surface area (TPSA) is 94.8 Å². The van der Waals surface area contributed by atoms with E-state index < -0.39 is 23.7 Å². The summed E-state index contributed by atoms with van der Waals surface area (Å²) in [4.78, 5) is 37.1. The zero-order valence-electron chi connectivity index (χ0n) is 18.8. The van der Waals surface area contributed by atoms with Crippen molar-refractivity contribution in [1.82, 2.24) is 5.32 Å². The van der Waals surface area contributed by atoms with Gasteiger partial charge in [-0.15, -0.1) is 0 Å². The first kappa shape index (κ1) is 24.0. The summed E-state index contributed by atoms with van der Waals surface area (Å²) < 4.78 is 16.0. The highest BCUT2D eigenvalue weighted by Gasteiger charge is 2.23. The van der Waals surface area contributed by atoms with Gasteiger partial charge >= 0.3 is 17.7 Å². The highest BCUT2D eigenvalue weighted by Crippen LogP contribution is 2.35. The fourth-order valence-electron chi connectivity index (χ4n) is 3.51. The summed E-state index contributed by atoms with van der Waals surface area (Å²) in [6.07, 6.45) is -0.488. The first-order valence-corrected chi connectivity index (χ1v) is 11.3. The lowest BCUT2D eigenvalue weighted by Crippen LogP contribution is -2.42. The average molecular weight is 492 g/mol. The molecule has 4 rings (SSSR count). The first-order chi connectivity index (χ1) is 16.9. The Balaban J connectivity index is 1.51. The predicted molar refractivity (Wildman–Crippen MR) is 132 cm³/mol. The van der Waals surface area contributed by atoms with Gasteiger partial charge in [-0.3, -0.25) is 0 Å². The molecular weight excluding hydrogens is 470 g/mol. The molecule has 0 bridgehead atoms. The van der Waals surface area contributed by atoms with Crippen molar-refractivity contribution in [3.05, 3.63) is 99.9 Å². The summed E-state index contributed by atoms with van der Waals surface area (Å²) in [7, 11) is 0. The summed E-state index contributed by atoms with van der Waals surface area (Å²) in [6, 6.07) is 21.9. The molecule has 0 aliphatic carbocycles. The number of hydrogen-bond acceptors (Lipinski definition) is 6. The number of rotatable bonds is 7. The number of esters is 1. The quantitative estimate of drug-likeness (QED) is 0.202. The largest absolute Gasteiger partial charge is 0.445 e. The predicted octanol–water partition coefficient (Wildman–Crippen LogP) is 5.72. The molecule has 0 unspecified atom stereocenters. The minimum absolute atomic E-state index is 0.00966. The summed E-state index contributed by atoms with van der Waals surface area (Å²) >= 11 is 6.41. The molecule has 0 fully saturated rings. The maximum absolute atomic E-state index is 12.8. The van der Waals surface area contributed by atoms with E-state index in [1.165, 1.54) is 12.1 Å². The number of ether oxygens (including phenoxy) is 2. The van der Waals surface area contributed by atoms with Gasteiger partial charge in [0.05, 0.1) is 5.02 Å². The molecule has 0 aliphatic rings. The van der Waals surface area contributed by atoms with Gasteiger partial charge in [-0.05, 0) is 29.2 Å². The van der Waals surface area contributed by atoms with E-state index in [1.807, 2.05) is 60.7 Å². The molecule has 0 aliphatic heterocycles. The van der Waals surface area contributed by atoms with Crippen LogP contribution < -0.4 is 15.7 Å². The number of nitrogens with one attached hydrogen (secondary N) is 1. The van der Waals surface area contributed by atoms with Crippen LogP contribution in [0.5, 0.6) is 5.75 Å². The zero-order chi connectivity index (χ0) is 24.8. The first-order valence-electron chi connectivity index (χ1n) is 11.0. The average Bonchev–Trinajstić information content (AvgIpc) is 2.87. The van der Waals surface area contributed by atoms with Crippen LogP contribution in [-0.2, 0) is 16.1 Å². The van der Waals surface area contributed by atoms with Gasteiger partial charge in [0.1, 0.15) is 18.2 Å². The third-order valence-electron chi connectivity index (χ3n) is 5.29. The van der Waals surface area contributed by atoms with E-state index in [0.717, 1.165) is 11.1 Å². The van der Waals surface area contributed by atoms with Crippen LogP contribution in [0, 0.1) is 0 Å². The number of amides is 1. The van der Waals surface area contributed by atoms with Crippen molar-refractivity contribution in [2.75, 3.05) is 0 Å². The van der Waals surface area contributed by atoms with Crippen molar-refractivity contribution in [3.63, 3.8) is 0 Å². The van der Waals surface area contributed by atoms with Crippen molar-refractivity contribution in [2.24, 2.45) is 0 Å². The zero-order valence-corrected chi connectivity index (χ0v) is 19.6. The van der Waals surface area contributed by atoms with E-state index in [0.29, 0.717) is 10.9 Å². The molecule has 0 saturated carbocycles. The Morgan fingerprint density at radius 1 is 1.00 bits per heavy atom. The van der Waals surface area contributed by atoms with Crippen LogP contribution in [0.4, 0.5) is 4.79 Å². The number of alkyl carbamates (subject to hydrolysis) is 1. The summed E-state index contributed by atoms with van der Waals surface area (Å²) in [5.41, 5.74) is 1.94. The van der Waals surface area contributed by atoms with E-state index in [-0.39, 0.29) is 29.4 Å². The third kappa shape index (κ3) is 5.88. The number of carbonyl (C=O) groups excluding carboxylic acids is 2. The molecule has 4 aromatic rings. The van der Waals surface area contributed by atoms with Gasteiger partial charge in [0.15, 0.2) is 5.75 Å². The summed E-state index contributed by atoms with van der Waals surface area (Å²) in [5, 5.41) is 3.25. The number of halogens is 1. The Labute approximate surface area is 206 Å². The van der Waals surface area contributed by atoms with Gasteiger partial charge in [0, 0.05) is 17.5 Å². The SMILES string of the molecule is CC[C@@H](NC(=O)OCc1ccccc1)C(=O)Oc1cc2oc(=O)cc(-c3ccccc3)c2cc1Cl. The molecule has 8 heteroatoms. The maximum atomic E-state index is 12.8. The minimum atomic E-state index is -0.965. The molecule has 3 aromatic carbocycles. The molecule has 7 nitrogen and oxygen atoms in total. The molecule has 1 N–H and O–H groups in total. The van der Waals surface area contributed by atoms with Crippen LogP contribution in [0.2, 0.25) is 5.02 Å². The smallest absolute Gasteiger partial charge is 0.408 e. The molecule has 0 spiro atoms.